The number of H-pyrrole nitrogens is 1. The minimum atomic E-state index is -0.186. The fourth-order valence-corrected chi connectivity index (χ4v) is 4.12. The number of rotatable bonds is 5. The molecule has 1 aromatic carbocycles. The molecule has 1 unspecified atom stereocenters. The number of nitrogens with one attached hydrogen (secondary N) is 1. The highest BCUT2D eigenvalue weighted by Gasteiger charge is 2.27. The van der Waals surface area contributed by atoms with E-state index in [1.54, 1.807) is 12.1 Å². The Morgan fingerprint density at radius 2 is 1.86 bits per heavy atom. The molecular formula is C23H32FN3O. The van der Waals surface area contributed by atoms with Crippen molar-refractivity contribution in [1.82, 2.24) is 14.8 Å². The van der Waals surface area contributed by atoms with Gasteiger partial charge in [-0.2, -0.15) is 0 Å². The Morgan fingerprint density at radius 3 is 2.54 bits per heavy atom. The van der Waals surface area contributed by atoms with Crippen molar-refractivity contribution in [2.75, 3.05) is 19.6 Å². The molecule has 1 aliphatic rings. The number of halogens is 1. The maximum Gasteiger partial charge on any atom is 0.187 e. The lowest BCUT2D eigenvalue weighted by molar-refractivity contribution is 0.129. The summed E-state index contributed by atoms with van der Waals surface area (Å²) in [6.45, 7) is 12.9. The number of hydrogen-bond donors (Lipinski definition) is 1. The molecule has 1 N–H and O–H groups in total. The van der Waals surface area contributed by atoms with E-state index in [1.807, 2.05) is 32.2 Å². The van der Waals surface area contributed by atoms with Gasteiger partial charge >= 0.3 is 0 Å². The van der Waals surface area contributed by atoms with Crippen molar-refractivity contribution >= 4 is 0 Å². The van der Waals surface area contributed by atoms with Gasteiger partial charge in [-0.05, 0) is 50.4 Å². The topological polar surface area (TPSA) is 39.3 Å². The molecule has 28 heavy (non-hydrogen) atoms. The molecule has 152 valence electrons. The van der Waals surface area contributed by atoms with Crippen LogP contribution in [0.1, 0.15) is 42.7 Å². The Bertz CT molecular complexity index is 844. The molecule has 1 aromatic heterocycles. The zero-order valence-corrected chi connectivity index (χ0v) is 17.5. The lowest BCUT2D eigenvalue weighted by Crippen LogP contribution is -2.44. The maximum atomic E-state index is 13.2. The Labute approximate surface area is 167 Å². The monoisotopic (exact) mass is 385 g/mol. The van der Waals surface area contributed by atoms with Gasteiger partial charge in [-0.15, -0.1) is 0 Å². The van der Waals surface area contributed by atoms with Crippen molar-refractivity contribution < 1.29 is 4.39 Å². The third-order valence-electron chi connectivity index (χ3n) is 5.90. The van der Waals surface area contributed by atoms with Gasteiger partial charge < -0.3 is 4.98 Å². The Kier molecular flexibility index (Phi) is 6.68. The van der Waals surface area contributed by atoms with E-state index in [0.717, 1.165) is 61.5 Å². The van der Waals surface area contributed by atoms with Crippen LogP contribution < -0.4 is 5.43 Å². The molecule has 2 heterocycles. The van der Waals surface area contributed by atoms with Crippen molar-refractivity contribution in [1.29, 1.82) is 0 Å². The van der Waals surface area contributed by atoms with Gasteiger partial charge in [0.25, 0.3) is 0 Å². The number of pyridine rings is 1. The number of hydrogen-bond acceptors (Lipinski definition) is 3. The summed E-state index contributed by atoms with van der Waals surface area (Å²) in [5, 5.41) is 0. The highest BCUT2D eigenvalue weighted by atomic mass is 19.1. The summed E-state index contributed by atoms with van der Waals surface area (Å²) in [4.78, 5) is 20.6. The van der Waals surface area contributed by atoms with Gasteiger partial charge in [-0.25, -0.2) is 4.39 Å². The van der Waals surface area contributed by atoms with Crippen molar-refractivity contribution in [3.8, 4) is 0 Å². The fraction of sp³-hybridized carbons (Fsp3) is 0.522. The van der Waals surface area contributed by atoms with Crippen molar-refractivity contribution in [3.63, 3.8) is 0 Å². The third kappa shape index (κ3) is 4.89. The molecule has 0 radical (unpaired) electrons. The van der Waals surface area contributed by atoms with Crippen LogP contribution in [0.5, 0.6) is 0 Å². The summed E-state index contributed by atoms with van der Waals surface area (Å²) in [7, 11) is 0. The number of aromatic nitrogens is 1. The van der Waals surface area contributed by atoms with Crippen molar-refractivity contribution in [2.24, 2.45) is 5.92 Å². The van der Waals surface area contributed by atoms with E-state index in [9.17, 15) is 9.18 Å². The molecule has 1 saturated heterocycles. The lowest BCUT2D eigenvalue weighted by atomic mass is 10.0. The van der Waals surface area contributed by atoms with Gasteiger partial charge in [0.15, 0.2) is 5.43 Å². The maximum absolute atomic E-state index is 13.2. The highest BCUT2D eigenvalue weighted by Crippen LogP contribution is 2.21. The summed E-state index contributed by atoms with van der Waals surface area (Å²) in [6, 6.07) is 7.27. The van der Waals surface area contributed by atoms with E-state index in [2.05, 4.69) is 28.6 Å². The second kappa shape index (κ2) is 9.01. The minimum absolute atomic E-state index is 0.141. The molecule has 1 fully saturated rings. The van der Waals surface area contributed by atoms with Crippen LogP contribution in [0.25, 0.3) is 0 Å². The number of aromatic amines is 1. The molecule has 0 bridgehead atoms. The van der Waals surface area contributed by atoms with Crippen molar-refractivity contribution in [2.45, 2.75) is 53.2 Å². The van der Waals surface area contributed by atoms with Crippen LogP contribution in [0.3, 0.4) is 0 Å². The number of nitrogens with zero attached hydrogens (tertiary/aromatic N) is 2. The molecule has 1 atom stereocenters. The highest BCUT2D eigenvalue weighted by molar-refractivity contribution is 5.23. The molecule has 3 rings (SSSR count). The van der Waals surface area contributed by atoms with Crippen LogP contribution in [0, 0.1) is 25.6 Å². The largest absolute Gasteiger partial charge is 0.363 e. The first-order valence-electron chi connectivity index (χ1n) is 10.2. The Hall–Kier alpha value is -1.98. The summed E-state index contributed by atoms with van der Waals surface area (Å²) < 4.78 is 13.2. The van der Waals surface area contributed by atoms with Gasteiger partial charge in [0, 0.05) is 55.2 Å². The first kappa shape index (κ1) is 20.7. The summed E-state index contributed by atoms with van der Waals surface area (Å²) >= 11 is 0. The Balaban J connectivity index is 1.74. The van der Waals surface area contributed by atoms with Crippen molar-refractivity contribution in [3.05, 3.63) is 68.9 Å². The van der Waals surface area contributed by atoms with Gasteiger partial charge in [0.2, 0.25) is 0 Å². The predicted molar refractivity (Wildman–Crippen MR) is 112 cm³/mol. The standard InChI is InChI=1S/C23H32FN3O/c1-16(2)22-15-26(14-21-18(4)23(28)17(3)12-25-21)10-5-11-27(22)13-19-6-8-20(24)9-7-19/h6-9,12,16,22H,5,10-11,13-15H2,1-4H3,(H,25,28). The SMILES string of the molecule is Cc1c[nH]c(CN2CCCN(Cc3ccc(F)cc3)C(C(C)C)C2)c(C)c1=O. The quantitative estimate of drug-likeness (QED) is 0.849. The van der Waals surface area contributed by atoms with Gasteiger partial charge in [-0.1, -0.05) is 26.0 Å². The normalized spacial score (nSPS) is 19.1. The Morgan fingerprint density at radius 1 is 1.14 bits per heavy atom. The van der Waals surface area contributed by atoms with Gasteiger partial charge in [0.1, 0.15) is 5.82 Å². The van der Waals surface area contributed by atoms with Crippen LogP contribution in [0.15, 0.2) is 35.3 Å². The zero-order valence-electron chi connectivity index (χ0n) is 17.5. The molecule has 1 aliphatic heterocycles. The summed E-state index contributed by atoms with van der Waals surface area (Å²) in [5.74, 6) is 0.327. The molecule has 4 nitrogen and oxygen atoms in total. The third-order valence-corrected chi connectivity index (χ3v) is 5.90. The van der Waals surface area contributed by atoms with Gasteiger partial charge in [0.05, 0.1) is 0 Å². The van der Waals surface area contributed by atoms with E-state index in [-0.39, 0.29) is 11.2 Å². The average Bonchev–Trinajstić information content (AvgIpc) is 2.86. The molecule has 0 saturated carbocycles. The van der Waals surface area contributed by atoms with Crippen LogP contribution in [0.4, 0.5) is 4.39 Å². The van der Waals surface area contributed by atoms with Gasteiger partial charge in [-0.3, -0.25) is 14.6 Å². The first-order valence-corrected chi connectivity index (χ1v) is 10.2. The lowest BCUT2D eigenvalue weighted by Gasteiger charge is -2.34. The van der Waals surface area contributed by atoms with Crippen LogP contribution in [-0.2, 0) is 13.1 Å². The first-order chi connectivity index (χ1) is 13.3. The van der Waals surface area contributed by atoms with E-state index in [4.69, 9.17) is 0 Å². The van der Waals surface area contributed by atoms with Crippen LogP contribution in [0.2, 0.25) is 0 Å². The van der Waals surface area contributed by atoms with E-state index < -0.39 is 0 Å². The average molecular weight is 386 g/mol. The summed E-state index contributed by atoms with van der Waals surface area (Å²) in [5.41, 5.74) is 3.90. The van der Waals surface area contributed by atoms with Crippen LogP contribution in [-0.4, -0.2) is 40.5 Å². The predicted octanol–water partition coefficient (Wildman–Crippen LogP) is 3.86. The van der Waals surface area contributed by atoms with E-state index in [1.165, 1.54) is 0 Å². The fourth-order valence-electron chi connectivity index (χ4n) is 4.12. The second-order valence-electron chi connectivity index (χ2n) is 8.40. The van der Waals surface area contributed by atoms with E-state index >= 15 is 0 Å². The second-order valence-corrected chi connectivity index (χ2v) is 8.40. The number of benzene rings is 1. The molecular weight excluding hydrogens is 353 g/mol. The van der Waals surface area contributed by atoms with Crippen LogP contribution >= 0.6 is 0 Å². The molecule has 2 aromatic rings. The molecule has 5 heteroatoms. The molecule has 0 spiro atoms. The number of aryl methyl sites for hydroxylation is 1. The minimum Gasteiger partial charge on any atom is -0.363 e. The zero-order chi connectivity index (χ0) is 20.3. The van der Waals surface area contributed by atoms with E-state index in [0.29, 0.717) is 12.0 Å². The molecule has 0 amide bonds. The smallest absolute Gasteiger partial charge is 0.187 e. The molecule has 0 aliphatic carbocycles. The summed E-state index contributed by atoms with van der Waals surface area (Å²) in [6.07, 6.45) is 2.91.